The quantitative estimate of drug-likeness (QED) is 0.807. The third-order valence-electron chi connectivity index (χ3n) is 6.02. The predicted molar refractivity (Wildman–Crippen MR) is 113 cm³/mol. The van der Waals surface area contributed by atoms with Gasteiger partial charge < -0.3 is 14.7 Å². The van der Waals surface area contributed by atoms with Gasteiger partial charge in [0.15, 0.2) is 0 Å². The van der Waals surface area contributed by atoms with E-state index in [0.29, 0.717) is 5.91 Å². The molecule has 0 spiro atoms. The molecule has 1 aromatic heterocycles. The Kier molecular flexibility index (Phi) is 5.35. The molecule has 7 nitrogen and oxygen atoms in total. The van der Waals surface area contributed by atoms with Crippen LogP contribution in [0.2, 0.25) is 0 Å². The largest absolute Gasteiger partial charge is 0.369 e. The predicted octanol–water partition coefficient (Wildman–Crippen LogP) is 1.83. The van der Waals surface area contributed by atoms with Crippen molar-refractivity contribution in [1.29, 1.82) is 0 Å². The minimum absolute atomic E-state index is 0.0556. The van der Waals surface area contributed by atoms with Gasteiger partial charge in [-0.15, -0.1) is 0 Å². The molecule has 2 aliphatic heterocycles. The van der Waals surface area contributed by atoms with Crippen LogP contribution in [-0.4, -0.2) is 85.6 Å². The fourth-order valence-corrected chi connectivity index (χ4v) is 4.39. The molecule has 0 saturated carbocycles. The Labute approximate surface area is 166 Å². The molecule has 2 saturated heterocycles. The van der Waals surface area contributed by atoms with E-state index in [2.05, 4.69) is 38.0 Å². The van der Waals surface area contributed by atoms with Crippen LogP contribution in [0.3, 0.4) is 0 Å². The molecule has 0 bridgehead atoms. The van der Waals surface area contributed by atoms with Gasteiger partial charge >= 0.3 is 0 Å². The van der Waals surface area contributed by atoms with Gasteiger partial charge in [0.25, 0.3) is 0 Å². The van der Waals surface area contributed by atoms with Crippen molar-refractivity contribution in [1.82, 2.24) is 19.8 Å². The zero-order valence-corrected chi connectivity index (χ0v) is 17.1. The summed E-state index contributed by atoms with van der Waals surface area (Å²) >= 11 is 0. The molecule has 1 unspecified atom stereocenters. The van der Waals surface area contributed by atoms with Crippen LogP contribution in [0.15, 0.2) is 24.5 Å². The molecular weight excluding hydrogens is 352 g/mol. The molecule has 2 aromatic rings. The molecule has 4 rings (SSSR count). The Balaban J connectivity index is 1.49. The maximum atomic E-state index is 12.7. The van der Waals surface area contributed by atoms with Gasteiger partial charge in [-0.3, -0.25) is 9.69 Å². The molecule has 1 atom stereocenters. The lowest BCUT2D eigenvalue weighted by atomic mass is 10.1. The first kappa shape index (κ1) is 18.9. The summed E-state index contributed by atoms with van der Waals surface area (Å²) in [7, 11) is 5.96. The fraction of sp³-hybridized carbons (Fsp3) is 0.571. The lowest BCUT2D eigenvalue weighted by molar-refractivity contribution is -0.135. The average molecular weight is 383 g/mol. The standard InChI is InChI=1S/C21H30N6O/c1-24(2)20-17-14-16(7-8-18(17)22-15-23-20)26-10-12-27(13-11-26)19-6-4-5-9-25(3)21(19)28/h7-8,14-15,19H,4-6,9-13H2,1-3H3. The van der Waals surface area contributed by atoms with Crippen LogP contribution in [0.25, 0.3) is 10.9 Å². The third kappa shape index (κ3) is 3.63. The van der Waals surface area contributed by atoms with E-state index in [4.69, 9.17) is 0 Å². The van der Waals surface area contributed by atoms with E-state index in [0.717, 1.165) is 68.7 Å². The normalized spacial score (nSPS) is 21.8. The minimum atomic E-state index is 0.0556. The lowest BCUT2D eigenvalue weighted by Gasteiger charge is -2.40. The van der Waals surface area contributed by atoms with Crippen LogP contribution in [0.5, 0.6) is 0 Å². The number of carbonyl (C=O) groups is 1. The molecular formula is C21H30N6O. The molecule has 0 N–H and O–H groups in total. The number of likely N-dealkylation sites (tertiary alicyclic amines) is 1. The van der Waals surface area contributed by atoms with E-state index in [1.54, 1.807) is 6.33 Å². The number of aromatic nitrogens is 2. The number of likely N-dealkylation sites (N-methyl/N-ethyl adjacent to an activating group) is 1. The summed E-state index contributed by atoms with van der Waals surface area (Å²) in [6.07, 6.45) is 4.87. The second-order valence-electron chi connectivity index (χ2n) is 8.09. The smallest absolute Gasteiger partial charge is 0.239 e. The molecule has 2 fully saturated rings. The monoisotopic (exact) mass is 382 g/mol. The highest BCUT2D eigenvalue weighted by atomic mass is 16.2. The Morgan fingerprint density at radius 1 is 1.04 bits per heavy atom. The topological polar surface area (TPSA) is 55.8 Å². The van der Waals surface area contributed by atoms with Crippen molar-refractivity contribution < 1.29 is 4.79 Å². The molecule has 0 radical (unpaired) electrons. The van der Waals surface area contributed by atoms with E-state index in [1.807, 2.05) is 30.9 Å². The van der Waals surface area contributed by atoms with Crippen molar-refractivity contribution in [2.45, 2.75) is 25.3 Å². The number of amides is 1. The number of piperazine rings is 1. The number of nitrogens with zero attached hydrogens (tertiary/aromatic N) is 6. The van der Waals surface area contributed by atoms with Crippen LogP contribution < -0.4 is 9.80 Å². The van der Waals surface area contributed by atoms with Crippen molar-refractivity contribution in [3.63, 3.8) is 0 Å². The zero-order chi connectivity index (χ0) is 19.7. The summed E-state index contributed by atoms with van der Waals surface area (Å²) < 4.78 is 0. The molecule has 2 aliphatic rings. The van der Waals surface area contributed by atoms with Gasteiger partial charge in [-0.2, -0.15) is 0 Å². The maximum absolute atomic E-state index is 12.7. The highest BCUT2D eigenvalue weighted by molar-refractivity contribution is 5.91. The summed E-state index contributed by atoms with van der Waals surface area (Å²) in [4.78, 5) is 30.3. The number of hydrogen-bond donors (Lipinski definition) is 0. The number of benzene rings is 1. The van der Waals surface area contributed by atoms with Gasteiger partial charge in [-0.25, -0.2) is 9.97 Å². The van der Waals surface area contributed by atoms with Gasteiger partial charge in [0.05, 0.1) is 11.6 Å². The number of fused-ring (bicyclic) bond motifs is 1. The minimum Gasteiger partial charge on any atom is -0.369 e. The molecule has 28 heavy (non-hydrogen) atoms. The molecule has 7 heteroatoms. The first-order valence-electron chi connectivity index (χ1n) is 10.2. The van der Waals surface area contributed by atoms with Crippen LogP contribution in [-0.2, 0) is 4.79 Å². The highest BCUT2D eigenvalue weighted by Crippen LogP contribution is 2.28. The van der Waals surface area contributed by atoms with Gasteiger partial charge in [-0.05, 0) is 37.5 Å². The molecule has 0 aliphatic carbocycles. The van der Waals surface area contributed by atoms with E-state index < -0.39 is 0 Å². The first-order chi connectivity index (χ1) is 13.5. The number of hydrogen-bond acceptors (Lipinski definition) is 6. The lowest BCUT2D eigenvalue weighted by Crippen LogP contribution is -2.54. The fourth-order valence-electron chi connectivity index (χ4n) is 4.39. The van der Waals surface area contributed by atoms with Crippen molar-refractivity contribution in [3.8, 4) is 0 Å². The van der Waals surface area contributed by atoms with Gasteiger partial charge in [0.1, 0.15) is 12.1 Å². The van der Waals surface area contributed by atoms with Crippen LogP contribution in [0.4, 0.5) is 11.5 Å². The van der Waals surface area contributed by atoms with Crippen LogP contribution >= 0.6 is 0 Å². The van der Waals surface area contributed by atoms with Crippen molar-refractivity contribution in [3.05, 3.63) is 24.5 Å². The van der Waals surface area contributed by atoms with Gasteiger partial charge in [0.2, 0.25) is 5.91 Å². The zero-order valence-electron chi connectivity index (χ0n) is 17.1. The third-order valence-corrected chi connectivity index (χ3v) is 6.02. The average Bonchev–Trinajstić information content (AvgIpc) is 2.88. The van der Waals surface area contributed by atoms with Crippen molar-refractivity contribution in [2.24, 2.45) is 0 Å². The Bertz CT molecular complexity index is 846. The highest BCUT2D eigenvalue weighted by Gasteiger charge is 2.32. The van der Waals surface area contributed by atoms with E-state index in [-0.39, 0.29) is 6.04 Å². The van der Waals surface area contributed by atoms with Gasteiger partial charge in [-0.1, -0.05) is 0 Å². The summed E-state index contributed by atoms with van der Waals surface area (Å²) in [5.41, 5.74) is 2.17. The van der Waals surface area contributed by atoms with Crippen LogP contribution in [0, 0.1) is 0 Å². The SMILES string of the molecule is CN1CCCCC(N2CCN(c3ccc4ncnc(N(C)C)c4c3)CC2)C1=O. The van der Waals surface area contributed by atoms with Crippen LogP contribution in [0.1, 0.15) is 19.3 Å². The summed E-state index contributed by atoms with van der Waals surface area (Å²) in [5.74, 6) is 1.24. The first-order valence-corrected chi connectivity index (χ1v) is 10.2. The summed E-state index contributed by atoms with van der Waals surface area (Å²) in [6, 6.07) is 6.48. The Hall–Kier alpha value is -2.41. The van der Waals surface area contributed by atoms with Crippen molar-refractivity contribution >= 4 is 28.3 Å². The second-order valence-corrected chi connectivity index (χ2v) is 8.09. The molecule has 1 amide bonds. The summed E-state index contributed by atoms with van der Waals surface area (Å²) in [6.45, 7) is 4.61. The van der Waals surface area contributed by atoms with E-state index in [1.165, 1.54) is 5.69 Å². The molecule has 3 heterocycles. The molecule has 1 aromatic carbocycles. The van der Waals surface area contributed by atoms with E-state index in [9.17, 15) is 4.79 Å². The maximum Gasteiger partial charge on any atom is 0.239 e. The Morgan fingerprint density at radius 2 is 1.82 bits per heavy atom. The number of anilines is 2. The second kappa shape index (κ2) is 7.91. The van der Waals surface area contributed by atoms with Crippen molar-refractivity contribution in [2.75, 3.05) is 63.7 Å². The summed E-state index contributed by atoms with van der Waals surface area (Å²) in [5, 5.41) is 1.08. The Morgan fingerprint density at radius 3 is 2.57 bits per heavy atom. The van der Waals surface area contributed by atoms with Gasteiger partial charge in [0, 0.05) is 64.9 Å². The number of rotatable bonds is 3. The molecule has 150 valence electrons. The van der Waals surface area contributed by atoms with E-state index >= 15 is 0 Å². The number of carbonyl (C=O) groups excluding carboxylic acids is 1.